The number of nitrogens with zero attached hydrogens (tertiary/aromatic N) is 1. The Bertz CT molecular complexity index is 437. The molecule has 3 rings (SSSR count). The van der Waals surface area contributed by atoms with Crippen molar-refractivity contribution < 1.29 is 9.90 Å². The van der Waals surface area contributed by atoms with Crippen molar-refractivity contribution in [1.29, 1.82) is 0 Å². The second-order valence-corrected chi connectivity index (χ2v) is 6.23. The van der Waals surface area contributed by atoms with Crippen molar-refractivity contribution in [2.24, 2.45) is 17.8 Å². The molecule has 6 heteroatoms. The summed E-state index contributed by atoms with van der Waals surface area (Å²) in [6, 6.07) is -0.0109. The van der Waals surface area contributed by atoms with Crippen LogP contribution in [0.15, 0.2) is 10.9 Å². The first-order chi connectivity index (χ1) is 9.28. The molecule has 4 atom stereocenters. The highest BCUT2D eigenvalue weighted by Crippen LogP contribution is 2.48. The molecule has 4 unspecified atom stereocenters. The minimum absolute atomic E-state index is 0.138. The molecule has 2 fully saturated rings. The summed E-state index contributed by atoms with van der Waals surface area (Å²) < 4.78 is 0. The highest BCUT2D eigenvalue weighted by molar-refractivity contribution is 7.07. The maximum absolute atomic E-state index is 11.9. The lowest BCUT2D eigenvalue weighted by Crippen LogP contribution is -2.48. The highest BCUT2D eigenvalue weighted by Gasteiger charge is 2.47. The first kappa shape index (κ1) is 12.9. The zero-order valence-corrected chi connectivity index (χ0v) is 11.5. The van der Waals surface area contributed by atoms with Gasteiger partial charge in [0.2, 0.25) is 0 Å². The van der Waals surface area contributed by atoms with E-state index >= 15 is 0 Å². The van der Waals surface area contributed by atoms with Crippen LogP contribution in [-0.4, -0.2) is 28.8 Å². The maximum Gasteiger partial charge on any atom is 0.315 e. The Morgan fingerprint density at radius 1 is 1.47 bits per heavy atom. The number of hydrogen-bond donors (Lipinski definition) is 3. The minimum atomic E-state index is -0.149. The van der Waals surface area contributed by atoms with Gasteiger partial charge in [-0.25, -0.2) is 9.78 Å². The molecular weight excluding hydrogens is 262 g/mol. The topological polar surface area (TPSA) is 74.2 Å². The van der Waals surface area contributed by atoms with E-state index in [0.717, 1.165) is 12.1 Å². The SMILES string of the molecule is O=C(NCc1cscn1)NC1C2CCC(C2)C1CO. The van der Waals surface area contributed by atoms with Crippen molar-refractivity contribution in [3.05, 3.63) is 16.6 Å². The summed E-state index contributed by atoms with van der Waals surface area (Å²) in [5.74, 6) is 1.38. The Morgan fingerprint density at radius 2 is 2.32 bits per heavy atom. The van der Waals surface area contributed by atoms with Gasteiger partial charge in [-0.3, -0.25) is 0 Å². The Kier molecular flexibility index (Phi) is 3.70. The van der Waals surface area contributed by atoms with Gasteiger partial charge in [-0.1, -0.05) is 0 Å². The van der Waals surface area contributed by atoms with Gasteiger partial charge in [0.1, 0.15) is 0 Å². The molecule has 0 aliphatic heterocycles. The third kappa shape index (κ3) is 2.60. The predicted molar refractivity (Wildman–Crippen MR) is 72.7 cm³/mol. The second kappa shape index (κ2) is 5.46. The molecule has 2 saturated carbocycles. The van der Waals surface area contributed by atoms with Crippen molar-refractivity contribution in [2.45, 2.75) is 31.8 Å². The quantitative estimate of drug-likeness (QED) is 0.780. The molecule has 0 aromatic carbocycles. The monoisotopic (exact) mass is 281 g/mol. The van der Waals surface area contributed by atoms with Gasteiger partial charge in [0, 0.05) is 23.9 Å². The van der Waals surface area contributed by atoms with Gasteiger partial charge in [0.05, 0.1) is 17.7 Å². The number of carbonyl (C=O) groups excluding carboxylic acids is 1. The molecule has 2 amide bonds. The number of hydrogen-bond acceptors (Lipinski definition) is 4. The molecule has 104 valence electrons. The fraction of sp³-hybridized carbons (Fsp3) is 0.692. The Labute approximate surface area is 116 Å². The summed E-state index contributed by atoms with van der Waals surface area (Å²) in [7, 11) is 0. The normalized spacial score (nSPS) is 32.5. The van der Waals surface area contributed by atoms with Crippen molar-refractivity contribution >= 4 is 17.4 Å². The van der Waals surface area contributed by atoms with Crippen LogP contribution in [0, 0.1) is 17.8 Å². The molecule has 2 aliphatic carbocycles. The number of aromatic nitrogens is 1. The second-order valence-electron chi connectivity index (χ2n) is 5.51. The smallest absolute Gasteiger partial charge is 0.315 e. The van der Waals surface area contributed by atoms with E-state index < -0.39 is 0 Å². The average molecular weight is 281 g/mol. The first-order valence-corrected chi connectivity index (χ1v) is 7.74. The Hall–Kier alpha value is -1.14. The first-order valence-electron chi connectivity index (χ1n) is 6.80. The molecule has 2 bridgehead atoms. The van der Waals surface area contributed by atoms with Crippen LogP contribution >= 0.6 is 11.3 Å². The van der Waals surface area contributed by atoms with Gasteiger partial charge in [-0.15, -0.1) is 11.3 Å². The van der Waals surface area contributed by atoms with Crippen molar-refractivity contribution in [1.82, 2.24) is 15.6 Å². The molecule has 2 aliphatic rings. The fourth-order valence-corrected chi connectivity index (χ4v) is 4.15. The lowest BCUT2D eigenvalue weighted by molar-refractivity contribution is 0.144. The number of fused-ring (bicyclic) bond motifs is 2. The molecular formula is C13H19N3O2S. The molecule has 5 nitrogen and oxygen atoms in total. The van der Waals surface area contributed by atoms with E-state index in [1.807, 2.05) is 5.38 Å². The summed E-state index contributed by atoms with van der Waals surface area (Å²) in [4.78, 5) is 16.0. The third-order valence-corrected chi connectivity index (χ3v) is 5.15. The van der Waals surface area contributed by atoms with Crippen LogP contribution in [0.1, 0.15) is 25.0 Å². The van der Waals surface area contributed by atoms with Gasteiger partial charge in [0.15, 0.2) is 0 Å². The van der Waals surface area contributed by atoms with Crippen LogP contribution in [-0.2, 0) is 6.54 Å². The number of urea groups is 1. The van der Waals surface area contributed by atoms with Gasteiger partial charge in [0.25, 0.3) is 0 Å². The predicted octanol–water partition coefficient (Wildman–Crippen LogP) is 1.35. The summed E-state index contributed by atoms with van der Waals surface area (Å²) in [5, 5.41) is 17.3. The van der Waals surface area contributed by atoms with Crippen molar-refractivity contribution in [3.8, 4) is 0 Å². The zero-order valence-electron chi connectivity index (χ0n) is 10.7. The van der Waals surface area contributed by atoms with Crippen LogP contribution in [0.2, 0.25) is 0 Å². The van der Waals surface area contributed by atoms with Crippen LogP contribution in [0.5, 0.6) is 0 Å². The number of carbonyl (C=O) groups is 1. The molecule has 0 spiro atoms. The average Bonchev–Trinajstić information content (AvgIpc) is 3.13. The maximum atomic E-state index is 11.9. The number of thiazole rings is 1. The van der Waals surface area contributed by atoms with Crippen LogP contribution < -0.4 is 10.6 Å². The van der Waals surface area contributed by atoms with E-state index in [9.17, 15) is 9.90 Å². The summed E-state index contributed by atoms with van der Waals surface area (Å²) >= 11 is 1.52. The standard InChI is InChI=1S/C13H19N3O2S/c17-5-11-8-1-2-9(3-8)12(11)16-13(18)14-4-10-6-19-7-15-10/h6-9,11-12,17H,1-5H2,(H2,14,16,18). The molecule has 1 aromatic heterocycles. The van der Waals surface area contributed by atoms with Crippen LogP contribution in [0.4, 0.5) is 4.79 Å². The van der Waals surface area contributed by atoms with E-state index in [0.29, 0.717) is 18.4 Å². The van der Waals surface area contributed by atoms with E-state index in [2.05, 4.69) is 15.6 Å². The third-order valence-electron chi connectivity index (χ3n) is 4.51. The number of amides is 2. The van der Waals surface area contributed by atoms with Gasteiger partial charge < -0.3 is 15.7 Å². The lowest BCUT2D eigenvalue weighted by atomic mass is 9.85. The molecule has 0 radical (unpaired) electrons. The number of rotatable bonds is 4. The number of aliphatic hydroxyl groups is 1. The number of aliphatic hydroxyl groups excluding tert-OH is 1. The van der Waals surface area contributed by atoms with Gasteiger partial charge in [-0.05, 0) is 31.1 Å². The van der Waals surface area contributed by atoms with E-state index in [4.69, 9.17) is 0 Å². The zero-order chi connectivity index (χ0) is 13.2. The molecule has 0 saturated heterocycles. The van der Waals surface area contributed by atoms with Crippen LogP contribution in [0.25, 0.3) is 0 Å². The summed E-state index contributed by atoms with van der Waals surface area (Å²) in [6.45, 7) is 0.637. The van der Waals surface area contributed by atoms with E-state index in [1.165, 1.54) is 24.2 Å². The van der Waals surface area contributed by atoms with E-state index in [-0.39, 0.29) is 24.6 Å². The van der Waals surface area contributed by atoms with E-state index in [1.54, 1.807) is 5.51 Å². The fourth-order valence-electron chi connectivity index (χ4n) is 3.60. The Balaban J connectivity index is 1.51. The molecule has 3 N–H and O–H groups in total. The molecule has 1 heterocycles. The highest BCUT2D eigenvalue weighted by atomic mass is 32.1. The molecule has 19 heavy (non-hydrogen) atoms. The van der Waals surface area contributed by atoms with Gasteiger partial charge >= 0.3 is 6.03 Å². The van der Waals surface area contributed by atoms with Crippen LogP contribution in [0.3, 0.4) is 0 Å². The largest absolute Gasteiger partial charge is 0.396 e. The summed E-state index contributed by atoms with van der Waals surface area (Å²) in [6.07, 6.45) is 3.54. The van der Waals surface area contributed by atoms with Crippen molar-refractivity contribution in [3.63, 3.8) is 0 Å². The lowest BCUT2D eigenvalue weighted by Gasteiger charge is -2.30. The van der Waals surface area contributed by atoms with Gasteiger partial charge in [-0.2, -0.15) is 0 Å². The molecule has 1 aromatic rings. The Morgan fingerprint density at radius 3 is 3.05 bits per heavy atom. The number of nitrogens with one attached hydrogen (secondary N) is 2. The minimum Gasteiger partial charge on any atom is -0.396 e. The van der Waals surface area contributed by atoms with Crippen molar-refractivity contribution in [2.75, 3.05) is 6.61 Å². The summed E-state index contributed by atoms with van der Waals surface area (Å²) in [5.41, 5.74) is 2.64.